The van der Waals surface area contributed by atoms with E-state index in [2.05, 4.69) is 30.0 Å². The number of nitrogens with zero attached hydrogens (tertiary/aromatic N) is 1. The van der Waals surface area contributed by atoms with Crippen molar-refractivity contribution in [2.45, 2.75) is 25.9 Å². The van der Waals surface area contributed by atoms with Crippen molar-refractivity contribution in [3.8, 4) is 5.75 Å². The average Bonchev–Trinajstić information content (AvgIpc) is 2.51. The monoisotopic (exact) mass is 311 g/mol. The zero-order valence-electron chi connectivity index (χ0n) is 13.3. The normalized spacial score (nSPS) is 15.6. The van der Waals surface area contributed by atoms with Crippen LogP contribution in [-0.4, -0.2) is 48.3 Å². The molecule has 1 aliphatic heterocycles. The lowest BCUT2D eigenvalue weighted by atomic mass is 10.1. The van der Waals surface area contributed by atoms with Crippen molar-refractivity contribution in [3.63, 3.8) is 0 Å². The maximum absolute atomic E-state index is 5.80. The van der Waals surface area contributed by atoms with Gasteiger partial charge in [0, 0.05) is 46.0 Å². The molecule has 0 atom stereocenters. The molecule has 2 rings (SSSR count). The van der Waals surface area contributed by atoms with Gasteiger partial charge in [0.25, 0.3) is 0 Å². The van der Waals surface area contributed by atoms with Gasteiger partial charge in [-0.3, -0.25) is 4.90 Å². The third kappa shape index (κ3) is 4.05. The minimum absolute atomic E-state index is 0.636. The number of ether oxygens (including phenoxy) is 1. The fourth-order valence-corrected chi connectivity index (χ4v) is 4.34. The van der Waals surface area contributed by atoms with Crippen molar-refractivity contribution in [3.05, 3.63) is 29.3 Å². The first kappa shape index (κ1) is 16.4. The second kappa shape index (κ2) is 7.37. The third-order valence-electron chi connectivity index (χ3n) is 3.90. The molecule has 0 amide bonds. The van der Waals surface area contributed by atoms with Crippen LogP contribution in [0.3, 0.4) is 0 Å². The van der Waals surface area contributed by atoms with Crippen LogP contribution in [0.2, 0.25) is 6.04 Å². The molecule has 0 N–H and O–H groups in total. The smallest absolute Gasteiger partial charge is 0.478 e. The van der Waals surface area contributed by atoms with E-state index in [0.29, 0.717) is 6.73 Å². The van der Waals surface area contributed by atoms with Crippen LogP contribution in [0.4, 0.5) is 0 Å². The highest BCUT2D eigenvalue weighted by Gasteiger charge is 2.37. The van der Waals surface area contributed by atoms with Gasteiger partial charge in [0.1, 0.15) is 12.5 Å². The molecule has 1 aromatic carbocycles. The molecule has 1 aliphatic rings. The Morgan fingerprint density at radius 3 is 2.57 bits per heavy atom. The Morgan fingerprint density at radius 1 is 1.19 bits per heavy atom. The van der Waals surface area contributed by atoms with E-state index in [-0.39, 0.29) is 0 Å². The molecule has 118 valence electrons. The molecule has 0 radical (unpaired) electrons. The van der Waals surface area contributed by atoms with Crippen molar-refractivity contribution in [1.82, 2.24) is 4.90 Å². The number of hydrogen-bond donors (Lipinski definition) is 0. The zero-order chi connectivity index (χ0) is 15.3. The highest BCUT2D eigenvalue weighted by Crippen LogP contribution is 2.26. The molecule has 0 unspecified atom stereocenters. The predicted octanol–water partition coefficient (Wildman–Crippen LogP) is 2.42. The summed E-state index contributed by atoms with van der Waals surface area (Å²) >= 11 is 0. The maximum Gasteiger partial charge on any atom is 0.500 e. The Bertz CT molecular complexity index is 457. The lowest BCUT2D eigenvalue weighted by molar-refractivity contribution is 0.0896. The number of hydrogen-bond acceptors (Lipinski definition) is 5. The highest BCUT2D eigenvalue weighted by molar-refractivity contribution is 6.60. The summed E-state index contributed by atoms with van der Waals surface area (Å²) in [5.74, 6) is 1.01. The number of rotatable bonds is 7. The third-order valence-corrected chi connectivity index (χ3v) is 6.73. The first-order chi connectivity index (χ1) is 10.1. The zero-order valence-corrected chi connectivity index (χ0v) is 14.3. The minimum Gasteiger partial charge on any atom is -0.478 e. The number of aryl methyl sites for hydroxylation is 1. The van der Waals surface area contributed by atoms with Gasteiger partial charge in [-0.2, -0.15) is 0 Å². The van der Waals surface area contributed by atoms with Gasteiger partial charge in [0.15, 0.2) is 0 Å². The molecule has 0 fully saturated rings. The van der Waals surface area contributed by atoms with Crippen LogP contribution in [0.1, 0.15) is 17.5 Å². The van der Waals surface area contributed by atoms with Crippen molar-refractivity contribution >= 4 is 8.80 Å². The lowest BCUT2D eigenvalue weighted by Crippen LogP contribution is -2.43. The van der Waals surface area contributed by atoms with Crippen LogP contribution in [-0.2, 0) is 19.8 Å². The van der Waals surface area contributed by atoms with E-state index >= 15 is 0 Å². The summed E-state index contributed by atoms with van der Waals surface area (Å²) in [6.07, 6.45) is 0.965. The molecule has 0 aromatic heterocycles. The van der Waals surface area contributed by atoms with Crippen molar-refractivity contribution < 1.29 is 18.0 Å². The molecular weight excluding hydrogens is 286 g/mol. The first-order valence-corrected chi connectivity index (χ1v) is 9.16. The van der Waals surface area contributed by atoms with Crippen LogP contribution in [0.25, 0.3) is 0 Å². The second-order valence-corrected chi connectivity index (χ2v) is 8.43. The highest BCUT2D eigenvalue weighted by atomic mass is 28.4. The maximum atomic E-state index is 5.80. The summed E-state index contributed by atoms with van der Waals surface area (Å²) in [4.78, 5) is 2.29. The standard InChI is InChI=1S/C15H25NO4Si/c1-13-6-7-15-14(10-13)11-16(12-20-15)8-5-9-21(17-2,18-3)19-4/h6-7,10H,5,8-9,11-12H2,1-4H3. The van der Waals surface area contributed by atoms with Crippen LogP contribution in [0, 0.1) is 6.92 Å². The van der Waals surface area contributed by atoms with Gasteiger partial charge in [0.2, 0.25) is 0 Å². The van der Waals surface area contributed by atoms with Gasteiger partial charge in [-0.1, -0.05) is 17.7 Å². The van der Waals surface area contributed by atoms with E-state index in [0.717, 1.165) is 31.3 Å². The van der Waals surface area contributed by atoms with Gasteiger partial charge < -0.3 is 18.0 Å². The Balaban J connectivity index is 1.86. The molecule has 0 aliphatic carbocycles. The summed E-state index contributed by atoms with van der Waals surface area (Å²) in [6.45, 7) is 4.61. The summed E-state index contributed by atoms with van der Waals surface area (Å²) in [7, 11) is 2.51. The molecule has 0 spiro atoms. The predicted molar refractivity (Wildman–Crippen MR) is 83.3 cm³/mol. The molecule has 6 heteroatoms. The van der Waals surface area contributed by atoms with Crippen LogP contribution < -0.4 is 4.74 Å². The van der Waals surface area contributed by atoms with Crippen LogP contribution in [0.5, 0.6) is 5.75 Å². The van der Waals surface area contributed by atoms with E-state index in [1.165, 1.54) is 11.1 Å². The quantitative estimate of drug-likeness (QED) is 0.723. The molecule has 0 bridgehead atoms. The average molecular weight is 311 g/mol. The summed E-state index contributed by atoms with van der Waals surface area (Å²) in [6, 6.07) is 7.15. The molecule has 0 saturated carbocycles. The topological polar surface area (TPSA) is 40.2 Å². The Hall–Kier alpha value is -0.923. The fourth-order valence-electron chi connectivity index (χ4n) is 2.64. The summed E-state index contributed by atoms with van der Waals surface area (Å²) < 4.78 is 22.1. The van der Waals surface area contributed by atoms with E-state index in [4.69, 9.17) is 18.0 Å². The molecule has 21 heavy (non-hydrogen) atoms. The molecule has 1 heterocycles. The Morgan fingerprint density at radius 2 is 1.90 bits per heavy atom. The largest absolute Gasteiger partial charge is 0.500 e. The van der Waals surface area contributed by atoms with Crippen molar-refractivity contribution in [2.75, 3.05) is 34.6 Å². The van der Waals surface area contributed by atoms with E-state index in [9.17, 15) is 0 Å². The summed E-state index contributed by atoms with van der Waals surface area (Å²) in [5, 5.41) is 0. The van der Waals surface area contributed by atoms with Gasteiger partial charge in [-0.05, 0) is 19.4 Å². The van der Waals surface area contributed by atoms with E-state index in [1.54, 1.807) is 21.3 Å². The minimum atomic E-state index is -2.45. The first-order valence-electron chi connectivity index (χ1n) is 7.22. The van der Waals surface area contributed by atoms with Gasteiger partial charge in [0.05, 0.1) is 0 Å². The Kier molecular flexibility index (Phi) is 5.77. The van der Waals surface area contributed by atoms with Gasteiger partial charge >= 0.3 is 8.80 Å². The van der Waals surface area contributed by atoms with E-state index in [1.807, 2.05) is 0 Å². The summed E-state index contributed by atoms with van der Waals surface area (Å²) in [5.41, 5.74) is 2.53. The van der Waals surface area contributed by atoms with Gasteiger partial charge in [-0.15, -0.1) is 0 Å². The number of benzene rings is 1. The molecule has 1 aromatic rings. The van der Waals surface area contributed by atoms with Crippen LogP contribution in [0.15, 0.2) is 18.2 Å². The molecular formula is C15H25NO4Si. The molecule has 5 nitrogen and oxygen atoms in total. The van der Waals surface area contributed by atoms with Gasteiger partial charge in [-0.25, -0.2) is 0 Å². The van der Waals surface area contributed by atoms with E-state index < -0.39 is 8.80 Å². The van der Waals surface area contributed by atoms with Crippen molar-refractivity contribution in [2.24, 2.45) is 0 Å². The van der Waals surface area contributed by atoms with Crippen LogP contribution >= 0.6 is 0 Å². The lowest BCUT2D eigenvalue weighted by Gasteiger charge is -2.30. The second-order valence-electron chi connectivity index (χ2n) is 5.34. The fraction of sp³-hybridized carbons (Fsp3) is 0.600. The SMILES string of the molecule is CO[Si](CCCN1COc2ccc(C)cc2C1)(OC)OC. The molecule has 0 saturated heterocycles. The number of fused-ring (bicyclic) bond motifs is 1. The Labute approximate surface area is 128 Å². The van der Waals surface area contributed by atoms with Crippen molar-refractivity contribution in [1.29, 1.82) is 0 Å².